The molecule has 1 unspecified atom stereocenters. The highest BCUT2D eigenvalue weighted by atomic mass is 31.2. The Morgan fingerprint density at radius 1 is 0.941 bits per heavy atom. The van der Waals surface area contributed by atoms with Crippen molar-refractivity contribution in [1.82, 2.24) is 16.0 Å². The van der Waals surface area contributed by atoms with Gasteiger partial charge < -0.3 is 24.6 Å². The number of nitrogens with one attached hydrogen (secondary N) is 3. The van der Waals surface area contributed by atoms with Gasteiger partial charge in [-0.2, -0.15) is 0 Å². The minimum absolute atomic E-state index is 0.118. The van der Waals surface area contributed by atoms with Crippen molar-refractivity contribution in [2.75, 3.05) is 0 Å². The first-order valence-electron chi connectivity index (χ1n) is 10.3. The van der Waals surface area contributed by atoms with Crippen LogP contribution in [0.5, 0.6) is 0 Å². The second-order valence-electron chi connectivity index (χ2n) is 9.39. The van der Waals surface area contributed by atoms with Crippen molar-refractivity contribution in [2.45, 2.75) is 71.9 Å². The summed E-state index contributed by atoms with van der Waals surface area (Å²) in [5, 5.41) is 6.95. The van der Waals surface area contributed by atoms with E-state index in [2.05, 4.69) is 20.9 Å². The second kappa shape index (κ2) is 11.5. The van der Waals surface area contributed by atoms with E-state index in [-0.39, 0.29) is 12.4 Å². The lowest BCUT2D eigenvalue weighted by Crippen LogP contribution is -2.47. The molecule has 0 fully saturated rings. The SMILES string of the molecule is CC(=O)NC(Cc1ccc(N=C(NC(=O)OC(C)(C)C)NC(=O)OC(C)(C)C)cc1)P(=O)(O)O. The maximum Gasteiger partial charge on any atom is 0.414 e. The molecule has 0 aliphatic rings. The first kappa shape index (κ1) is 29.1. The minimum Gasteiger partial charge on any atom is -0.444 e. The Labute approximate surface area is 198 Å². The van der Waals surface area contributed by atoms with Crippen LogP contribution in [0.1, 0.15) is 54.0 Å². The summed E-state index contributed by atoms with van der Waals surface area (Å²) in [7, 11) is -4.58. The Balaban J connectivity index is 3.10. The first-order chi connectivity index (χ1) is 15.3. The van der Waals surface area contributed by atoms with Gasteiger partial charge in [-0.05, 0) is 59.2 Å². The third kappa shape index (κ3) is 12.3. The zero-order valence-corrected chi connectivity index (χ0v) is 21.2. The molecule has 1 atom stereocenters. The van der Waals surface area contributed by atoms with Crippen LogP contribution in [0.4, 0.5) is 15.3 Å². The van der Waals surface area contributed by atoms with Crippen molar-refractivity contribution in [2.24, 2.45) is 4.99 Å². The summed E-state index contributed by atoms with van der Waals surface area (Å²) in [5.41, 5.74) is -0.751. The Hall–Kier alpha value is -2.95. The number of hydrogen-bond acceptors (Lipinski definition) is 7. The molecule has 0 aliphatic heterocycles. The normalized spacial score (nSPS) is 12.7. The number of carbonyl (C=O) groups is 3. The van der Waals surface area contributed by atoms with Crippen LogP contribution in [0.15, 0.2) is 29.3 Å². The number of carbonyl (C=O) groups excluding carboxylic acids is 3. The molecule has 0 bridgehead atoms. The van der Waals surface area contributed by atoms with Gasteiger partial charge in [-0.3, -0.25) is 20.0 Å². The molecule has 0 aromatic heterocycles. The molecule has 12 nitrogen and oxygen atoms in total. The maximum atomic E-state index is 12.2. The highest BCUT2D eigenvalue weighted by Crippen LogP contribution is 2.41. The summed E-state index contributed by atoms with van der Waals surface area (Å²) in [4.78, 5) is 58.7. The molecular weight excluding hydrogens is 467 g/mol. The summed E-state index contributed by atoms with van der Waals surface area (Å²) in [6.45, 7) is 11.2. The fourth-order valence-electron chi connectivity index (χ4n) is 2.44. The molecule has 190 valence electrons. The van der Waals surface area contributed by atoms with Gasteiger partial charge in [0.05, 0.1) is 5.69 Å². The summed E-state index contributed by atoms with van der Waals surface area (Å²) >= 11 is 0. The second-order valence-corrected chi connectivity index (χ2v) is 11.2. The molecule has 0 heterocycles. The average molecular weight is 500 g/mol. The predicted molar refractivity (Wildman–Crippen MR) is 126 cm³/mol. The lowest BCUT2D eigenvalue weighted by atomic mass is 10.1. The zero-order chi connectivity index (χ0) is 26.3. The first-order valence-corrected chi connectivity index (χ1v) is 12.0. The summed E-state index contributed by atoms with van der Waals surface area (Å²) < 4.78 is 22.0. The number of rotatable bonds is 5. The lowest BCUT2D eigenvalue weighted by molar-refractivity contribution is -0.119. The molecule has 5 N–H and O–H groups in total. The fourth-order valence-corrected chi connectivity index (χ4v) is 3.23. The van der Waals surface area contributed by atoms with Crippen molar-refractivity contribution >= 4 is 37.3 Å². The van der Waals surface area contributed by atoms with Gasteiger partial charge in [0.2, 0.25) is 11.9 Å². The van der Waals surface area contributed by atoms with Crippen LogP contribution >= 0.6 is 7.60 Å². The molecule has 3 amide bonds. The number of ether oxygens (including phenoxy) is 2. The predicted octanol–water partition coefficient (Wildman–Crippen LogP) is 2.91. The van der Waals surface area contributed by atoms with E-state index in [4.69, 9.17) is 9.47 Å². The van der Waals surface area contributed by atoms with Crippen LogP contribution in [0.3, 0.4) is 0 Å². The van der Waals surface area contributed by atoms with Crippen LogP contribution in [0.2, 0.25) is 0 Å². The molecule has 0 radical (unpaired) electrons. The van der Waals surface area contributed by atoms with E-state index in [1.165, 1.54) is 12.1 Å². The van der Waals surface area contributed by atoms with E-state index in [9.17, 15) is 28.7 Å². The Morgan fingerprint density at radius 3 is 1.74 bits per heavy atom. The highest BCUT2D eigenvalue weighted by molar-refractivity contribution is 7.52. The number of hydrogen-bond donors (Lipinski definition) is 5. The molecule has 13 heteroatoms. The molecule has 1 aromatic rings. The van der Waals surface area contributed by atoms with E-state index >= 15 is 0 Å². The summed E-state index contributed by atoms with van der Waals surface area (Å²) in [5.74, 6) is -2.19. The van der Waals surface area contributed by atoms with Gasteiger partial charge in [0.1, 0.15) is 17.0 Å². The van der Waals surface area contributed by atoms with Gasteiger partial charge in [-0.15, -0.1) is 0 Å². The van der Waals surface area contributed by atoms with Gasteiger partial charge in [0.15, 0.2) is 0 Å². The van der Waals surface area contributed by atoms with Gasteiger partial charge in [-0.25, -0.2) is 14.6 Å². The molecule has 0 saturated heterocycles. The van der Waals surface area contributed by atoms with Crippen LogP contribution in [0.25, 0.3) is 0 Å². The van der Waals surface area contributed by atoms with E-state index < -0.39 is 42.7 Å². The Bertz CT molecular complexity index is 926. The minimum atomic E-state index is -4.58. The van der Waals surface area contributed by atoms with Gasteiger partial charge in [0.25, 0.3) is 0 Å². The van der Waals surface area contributed by atoms with Crippen LogP contribution in [0, 0.1) is 0 Å². The van der Waals surface area contributed by atoms with E-state index in [1.54, 1.807) is 53.7 Å². The monoisotopic (exact) mass is 500 g/mol. The quantitative estimate of drug-likeness (QED) is 0.233. The number of nitrogens with zero attached hydrogens (tertiary/aromatic N) is 1. The van der Waals surface area contributed by atoms with Gasteiger partial charge >= 0.3 is 19.8 Å². The molecular formula is C21H33N4O8P. The van der Waals surface area contributed by atoms with Crippen LogP contribution in [-0.4, -0.2) is 50.8 Å². The number of guanidine groups is 1. The highest BCUT2D eigenvalue weighted by Gasteiger charge is 2.29. The van der Waals surface area contributed by atoms with E-state index in [1.807, 2.05) is 0 Å². The third-order valence-corrected chi connectivity index (χ3v) is 4.74. The standard InChI is InChI=1S/C21H33N4O8P/c1-13(26)22-16(34(29,30)31)12-14-8-10-15(11-9-14)23-17(24-18(27)32-20(2,3)4)25-19(28)33-21(5,6)7/h8-11,16H,12H2,1-7H3,(H,22,26)(H2,29,30,31)(H2,23,24,25,27,28). The molecule has 34 heavy (non-hydrogen) atoms. The smallest absolute Gasteiger partial charge is 0.414 e. The fraction of sp³-hybridized carbons (Fsp3) is 0.524. The van der Waals surface area contributed by atoms with Crippen LogP contribution in [-0.2, 0) is 25.3 Å². The van der Waals surface area contributed by atoms with Crippen molar-refractivity contribution in [3.63, 3.8) is 0 Å². The van der Waals surface area contributed by atoms with Crippen molar-refractivity contribution in [1.29, 1.82) is 0 Å². The Kier molecular flexibility index (Phi) is 9.80. The molecule has 1 rings (SSSR count). The summed E-state index contributed by atoms with van der Waals surface area (Å²) in [6, 6.07) is 6.10. The molecule has 1 aromatic carbocycles. The topological polar surface area (TPSA) is 176 Å². The number of amides is 3. The van der Waals surface area contributed by atoms with Crippen molar-refractivity contribution in [3.8, 4) is 0 Å². The average Bonchev–Trinajstić information content (AvgIpc) is 2.58. The molecule has 0 saturated carbocycles. The van der Waals surface area contributed by atoms with E-state index in [0.29, 0.717) is 11.3 Å². The largest absolute Gasteiger partial charge is 0.444 e. The maximum absolute atomic E-state index is 12.2. The van der Waals surface area contributed by atoms with Gasteiger partial charge in [-0.1, -0.05) is 12.1 Å². The van der Waals surface area contributed by atoms with E-state index in [0.717, 1.165) is 6.92 Å². The molecule has 0 spiro atoms. The van der Waals surface area contributed by atoms with Crippen molar-refractivity contribution < 1.29 is 38.2 Å². The zero-order valence-electron chi connectivity index (χ0n) is 20.3. The lowest BCUT2D eigenvalue weighted by Gasteiger charge is -2.22. The van der Waals surface area contributed by atoms with Crippen molar-refractivity contribution in [3.05, 3.63) is 29.8 Å². The molecule has 0 aliphatic carbocycles. The van der Waals surface area contributed by atoms with Gasteiger partial charge in [0, 0.05) is 13.3 Å². The Morgan fingerprint density at radius 2 is 1.38 bits per heavy atom. The summed E-state index contributed by atoms with van der Waals surface area (Å²) in [6.07, 6.45) is -1.81. The number of alkyl carbamates (subject to hydrolysis) is 2. The van der Waals surface area contributed by atoms with Crippen LogP contribution < -0.4 is 16.0 Å². The third-order valence-electron chi connectivity index (χ3n) is 3.62. The number of aliphatic imine (C=N–C) groups is 1. The number of benzene rings is 1.